The molecule has 2 rings (SSSR count). The van der Waals surface area contributed by atoms with E-state index in [2.05, 4.69) is 61.5 Å². The van der Waals surface area contributed by atoms with Crippen molar-refractivity contribution in [1.82, 2.24) is 0 Å². The Bertz CT molecular complexity index is 464. The minimum atomic E-state index is -0.224. The first kappa shape index (κ1) is 13.1. The van der Waals surface area contributed by atoms with Gasteiger partial charge in [0, 0.05) is 0 Å². The molecule has 0 N–H and O–H groups in total. The lowest BCUT2D eigenvalue weighted by atomic mass is 10.3. The predicted molar refractivity (Wildman–Crippen MR) is 80.8 cm³/mol. The van der Waals surface area contributed by atoms with Crippen molar-refractivity contribution >= 4 is 18.5 Å². The minimum absolute atomic E-state index is 0.224. The molecule has 2 aromatic carbocycles. The van der Waals surface area contributed by atoms with Gasteiger partial charge in [-0.2, -0.15) is 0 Å². The van der Waals surface area contributed by atoms with Crippen molar-refractivity contribution in [3.05, 3.63) is 54.6 Å². The van der Waals surface area contributed by atoms with Crippen molar-refractivity contribution in [2.75, 3.05) is 13.3 Å². The van der Waals surface area contributed by atoms with Crippen molar-refractivity contribution in [2.45, 2.75) is 13.3 Å². The average molecular weight is 258 g/mol. The number of benzene rings is 2. The molecule has 0 aromatic heterocycles. The van der Waals surface area contributed by atoms with Crippen LogP contribution in [0.15, 0.2) is 54.6 Å². The second kappa shape index (κ2) is 6.56. The summed E-state index contributed by atoms with van der Waals surface area (Å²) < 4.78 is 5.22. The second-order valence-electron chi connectivity index (χ2n) is 4.19. The summed E-state index contributed by atoms with van der Waals surface area (Å²) in [5, 5.41) is 2.89. The maximum atomic E-state index is 5.22. The molecule has 94 valence electrons. The summed E-state index contributed by atoms with van der Waals surface area (Å²) in [6, 6.07) is 19.3. The number of hydrogen-bond donors (Lipinski definition) is 0. The topological polar surface area (TPSA) is 9.23 Å². The van der Waals surface area contributed by atoms with Gasteiger partial charge in [0.25, 0.3) is 0 Å². The normalized spacial score (nSPS) is 12.1. The van der Waals surface area contributed by atoms with Gasteiger partial charge in [0.1, 0.15) is 5.75 Å². The summed E-state index contributed by atoms with van der Waals surface area (Å²) in [5.74, 6) is 0.929. The molecule has 18 heavy (non-hydrogen) atoms. The van der Waals surface area contributed by atoms with E-state index < -0.39 is 0 Å². The van der Waals surface area contributed by atoms with Gasteiger partial charge in [0.2, 0.25) is 0 Å². The Labute approximate surface area is 111 Å². The van der Waals surface area contributed by atoms with Gasteiger partial charge in [-0.25, -0.2) is 0 Å². The summed E-state index contributed by atoms with van der Waals surface area (Å²) >= 11 is 0. The lowest BCUT2D eigenvalue weighted by molar-refractivity contribution is 0.415. The number of ether oxygens (including phenoxy) is 1. The van der Waals surface area contributed by atoms with E-state index in [0.717, 1.165) is 5.75 Å². The van der Waals surface area contributed by atoms with Crippen LogP contribution in [0.1, 0.15) is 13.3 Å². The van der Waals surface area contributed by atoms with Gasteiger partial charge >= 0.3 is 0 Å². The summed E-state index contributed by atoms with van der Waals surface area (Å²) in [4.78, 5) is 0. The largest absolute Gasteiger partial charge is 0.497 e. The molecule has 0 aliphatic carbocycles. The Balaban J connectivity index is 2.29. The molecule has 0 bridgehead atoms. The summed E-state index contributed by atoms with van der Waals surface area (Å²) in [6.45, 7) is 2.25. The Hall–Kier alpha value is -1.33. The minimum Gasteiger partial charge on any atom is -0.497 e. The molecule has 0 saturated carbocycles. The van der Waals surface area contributed by atoms with Crippen LogP contribution in [0, 0.1) is 0 Å². The molecule has 1 nitrogen and oxygen atoms in total. The molecule has 0 saturated heterocycles. The Morgan fingerprint density at radius 1 is 0.889 bits per heavy atom. The predicted octanol–water partition coefficient (Wildman–Crippen LogP) is 3.54. The monoisotopic (exact) mass is 258 g/mol. The lowest BCUT2D eigenvalue weighted by Gasteiger charge is -2.18. The second-order valence-corrected chi connectivity index (χ2v) is 6.52. The molecule has 0 aliphatic rings. The first-order valence-electron chi connectivity index (χ1n) is 6.31. The summed E-state index contributed by atoms with van der Waals surface area (Å²) in [7, 11) is 1.49. The van der Waals surface area contributed by atoms with Crippen LogP contribution in [0.4, 0.5) is 0 Å². The number of methoxy groups -OCH3 is 1. The first-order valence-corrected chi connectivity index (χ1v) is 7.84. The van der Waals surface area contributed by atoms with Gasteiger partial charge in [-0.3, -0.25) is 0 Å². The molecule has 1 atom stereocenters. The SMILES string of the molecule is CCCP(c1ccccc1)c1ccc(OC)cc1. The molecule has 1 unspecified atom stereocenters. The third-order valence-corrected chi connectivity index (χ3v) is 5.64. The zero-order valence-electron chi connectivity index (χ0n) is 11.0. The Morgan fingerprint density at radius 3 is 2.06 bits per heavy atom. The average Bonchev–Trinajstić information content (AvgIpc) is 2.46. The van der Waals surface area contributed by atoms with Crippen molar-refractivity contribution in [3.8, 4) is 5.75 Å². The summed E-state index contributed by atoms with van der Waals surface area (Å²) in [6.07, 6.45) is 2.46. The highest BCUT2D eigenvalue weighted by Crippen LogP contribution is 2.34. The van der Waals surface area contributed by atoms with Crippen molar-refractivity contribution in [3.63, 3.8) is 0 Å². The van der Waals surface area contributed by atoms with E-state index in [1.807, 2.05) is 0 Å². The molecule has 0 radical (unpaired) electrons. The molecule has 0 heterocycles. The zero-order chi connectivity index (χ0) is 12.8. The van der Waals surface area contributed by atoms with Gasteiger partial charge in [-0.05, 0) is 36.8 Å². The van der Waals surface area contributed by atoms with E-state index in [4.69, 9.17) is 4.74 Å². The van der Waals surface area contributed by atoms with Gasteiger partial charge in [-0.1, -0.05) is 55.8 Å². The molecule has 2 heteroatoms. The summed E-state index contributed by atoms with van der Waals surface area (Å²) in [5.41, 5.74) is 0. The van der Waals surface area contributed by atoms with Gasteiger partial charge in [0.15, 0.2) is 0 Å². The van der Waals surface area contributed by atoms with Crippen LogP contribution < -0.4 is 15.3 Å². The van der Waals surface area contributed by atoms with Crippen LogP contribution in [0.5, 0.6) is 5.75 Å². The quantitative estimate of drug-likeness (QED) is 0.745. The van der Waals surface area contributed by atoms with Gasteiger partial charge < -0.3 is 4.74 Å². The highest BCUT2D eigenvalue weighted by atomic mass is 31.1. The van der Waals surface area contributed by atoms with E-state index in [9.17, 15) is 0 Å². The van der Waals surface area contributed by atoms with E-state index >= 15 is 0 Å². The molecular formula is C16H19OP. The third kappa shape index (κ3) is 3.11. The highest BCUT2D eigenvalue weighted by molar-refractivity contribution is 7.73. The van der Waals surface area contributed by atoms with Crippen molar-refractivity contribution in [1.29, 1.82) is 0 Å². The zero-order valence-corrected chi connectivity index (χ0v) is 11.9. The fourth-order valence-corrected chi connectivity index (χ4v) is 4.30. The Morgan fingerprint density at radius 2 is 1.50 bits per heavy atom. The molecule has 0 amide bonds. The van der Waals surface area contributed by atoms with Crippen LogP contribution in [-0.4, -0.2) is 13.3 Å². The smallest absolute Gasteiger partial charge is 0.118 e. The number of hydrogen-bond acceptors (Lipinski definition) is 1. The highest BCUT2D eigenvalue weighted by Gasteiger charge is 2.12. The van der Waals surface area contributed by atoms with Crippen LogP contribution in [0.25, 0.3) is 0 Å². The first-order chi connectivity index (χ1) is 8.85. The van der Waals surface area contributed by atoms with Crippen LogP contribution >= 0.6 is 7.92 Å². The van der Waals surface area contributed by atoms with E-state index in [1.165, 1.54) is 23.2 Å². The van der Waals surface area contributed by atoms with E-state index in [0.29, 0.717) is 0 Å². The van der Waals surface area contributed by atoms with E-state index in [-0.39, 0.29) is 7.92 Å². The molecular weight excluding hydrogens is 239 g/mol. The van der Waals surface area contributed by atoms with E-state index in [1.54, 1.807) is 7.11 Å². The molecule has 0 spiro atoms. The maximum absolute atomic E-state index is 5.22. The van der Waals surface area contributed by atoms with Gasteiger partial charge in [0.05, 0.1) is 7.11 Å². The van der Waals surface area contributed by atoms with Crippen molar-refractivity contribution < 1.29 is 4.74 Å². The maximum Gasteiger partial charge on any atom is 0.118 e. The fraction of sp³-hybridized carbons (Fsp3) is 0.250. The third-order valence-electron chi connectivity index (χ3n) is 2.90. The number of rotatable bonds is 5. The van der Waals surface area contributed by atoms with Gasteiger partial charge in [-0.15, -0.1) is 0 Å². The molecule has 0 aliphatic heterocycles. The lowest BCUT2D eigenvalue weighted by Crippen LogP contribution is -2.13. The van der Waals surface area contributed by atoms with Crippen molar-refractivity contribution in [2.24, 2.45) is 0 Å². The van der Waals surface area contributed by atoms with Crippen LogP contribution in [-0.2, 0) is 0 Å². The fourth-order valence-electron chi connectivity index (χ4n) is 2.00. The van der Waals surface area contributed by atoms with Crippen LogP contribution in [0.2, 0.25) is 0 Å². The standard InChI is InChI=1S/C16H19OP/c1-3-13-18(15-7-5-4-6-8-15)16-11-9-14(17-2)10-12-16/h4-12H,3,13H2,1-2H3. The molecule has 0 fully saturated rings. The molecule has 2 aromatic rings. The Kier molecular flexibility index (Phi) is 4.78. The van der Waals surface area contributed by atoms with Crippen LogP contribution in [0.3, 0.4) is 0 Å².